The van der Waals surface area contributed by atoms with E-state index in [0.29, 0.717) is 13.0 Å². The van der Waals surface area contributed by atoms with E-state index in [9.17, 15) is 18.0 Å². The van der Waals surface area contributed by atoms with Gasteiger partial charge in [0.15, 0.2) is 0 Å². The van der Waals surface area contributed by atoms with E-state index in [2.05, 4.69) is 11.2 Å². The minimum Gasteiger partial charge on any atom is -0.318 e. The summed E-state index contributed by atoms with van der Waals surface area (Å²) in [6.45, 7) is 2.46. The third-order valence-electron chi connectivity index (χ3n) is 2.89. The van der Waals surface area contributed by atoms with Gasteiger partial charge in [-0.05, 0) is 24.1 Å². The maximum absolute atomic E-state index is 12.2. The second-order valence-electron chi connectivity index (χ2n) is 4.55. The topological polar surface area (TPSA) is 41.1 Å². The average Bonchev–Trinajstić information content (AvgIpc) is 2.43. The van der Waals surface area contributed by atoms with E-state index in [0.717, 1.165) is 12.0 Å². The third kappa shape index (κ3) is 5.88. The molecule has 0 radical (unpaired) electrons. The Balaban J connectivity index is 2.64. The molecule has 0 aliphatic rings. The number of carbonyl (C=O) groups is 1. The summed E-state index contributed by atoms with van der Waals surface area (Å²) in [5.74, 6) is 0.584. The Labute approximate surface area is 121 Å². The quantitative estimate of drug-likeness (QED) is 0.792. The van der Waals surface area contributed by atoms with Crippen molar-refractivity contribution in [3.8, 4) is 12.3 Å². The van der Waals surface area contributed by atoms with E-state index in [-0.39, 0.29) is 11.7 Å². The van der Waals surface area contributed by atoms with Crippen LogP contribution in [0.15, 0.2) is 24.3 Å². The third-order valence-corrected chi connectivity index (χ3v) is 2.89. The van der Waals surface area contributed by atoms with Crippen LogP contribution in [0.2, 0.25) is 0 Å². The van der Waals surface area contributed by atoms with Gasteiger partial charge in [-0.1, -0.05) is 19.1 Å². The predicted molar refractivity (Wildman–Crippen MR) is 75.5 cm³/mol. The summed E-state index contributed by atoms with van der Waals surface area (Å²) in [6.07, 6.45) is 1.80. The van der Waals surface area contributed by atoms with E-state index in [1.54, 1.807) is 12.1 Å². The number of benzene rings is 1. The lowest BCUT2D eigenvalue weighted by Crippen LogP contribution is -2.30. The normalized spacial score (nSPS) is 12.5. The fourth-order valence-electron chi connectivity index (χ4n) is 1.73. The Kier molecular flexibility index (Phi) is 6.25. The van der Waals surface area contributed by atoms with Crippen LogP contribution in [0.4, 0.5) is 18.9 Å². The van der Waals surface area contributed by atoms with Crippen LogP contribution in [0.25, 0.3) is 0 Å². The van der Waals surface area contributed by atoms with Crippen molar-refractivity contribution in [3.63, 3.8) is 0 Å². The maximum atomic E-state index is 12.2. The molecule has 0 fully saturated rings. The van der Waals surface area contributed by atoms with E-state index < -0.39 is 12.1 Å². The van der Waals surface area contributed by atoms with Crippen molar-refractivity contribution in [2.45, 2.75) is 38.5 Å². The highest BCUT2D eigenvalue weighted by Crippen LogP contribution is 2.19. The van der Waals surface area contributed by atoms with Crippen LogP contribution in [-0.2, 0) is 11.3 Å². The first-order valence-corrected chi connectivity index (χ1v) is 6.50. The molecule has 1 unspecified atom stereocenters. The Morgan fingerprint density at radius 3 is 2.71 bits per heavy atom. The van der Waals surface area contributed by atoms with Gasteiger partial charge in [0.1, 0.15) is 0 Å². The number of halogens is 3. The zero-order valence-electron chi connectivity index (χ0n) is 11.6. The van der Waals surface area contributed by atoms with Crippen molar-refractivity contribution < 1.29 is 18.0 Å². The molecule has 0 heterocycles. The van der Waals surface area contributed by atoms with Crippen molar-refractivity contribution in [2.24, 2.45) is 0 Å². The van der Waals surface area contributed by atoms with Gasteiger partial charge in [-0.3, -0.25) is 4.79 Å². The number of amides is 1. The second-order valence-corrected chi connectivity index (χ2v) is 4.55. The summed E-state index contributed by atoms with van der Waals surface area (Å²) in [4.78, 5) is 10.9. The fourth-order valence-corrected chi connectivity index (χ4v) is 1.73. The molecule has 114 valence electrons. The molecule has 1 atom stereocenters. The standard InChI is InChI=1S/C15H17F3N2O/c1-3-6-12(4-2)19-10-11-7-5-8-13(9-11)20-14(21)15(16,17)18/h1,5,7-9,12,19H,4,6,10H2,2H3,(H,20,21). The summed E-state index contributed by atoms with van der Waals surface area (Å²) in [5, 5.41) is 5.04. The Hall–Kier alpha value is -2.00. The zero-order chi connectivity index (χ0) is 15.9. The van der Waals surface area contributed by atoms with Crippen LogP contribution >= 0.6 is 0 Å². The molecule has 3 nitrogen and oxygen atoms in total. The first kappa shape index (κ1) is 17.1. The van der Waals surface area contributed by atoms with Crippen molar-refractivity contribution in [3.05, 3.63) is 29.8 Å². The van der Waals surface area contributed by atoms with Gasteiger partial charge in [-0.25, -0.2) is 0 Å². The Morgan fingerprint density at radius 2 is 2.14 bits per heavy atom. The van der Waals surface area contributed by atoms with Crippen LogP contribution in [0, 0.1) is 12.3 Å². The molecule has 2 N–H and O–H groups in total. The van der Waals surface area contributed by atoms with Gasteiger partial charge in [0.2, 0.25) is 0 Å². The molecule has 0 aliphatic heterocycles. The van der Waals surface area contributed by atoms with Gasteiger partial charge in [-0.15, -0.1) is 12.3 Å². The van der Waals surface area contributed by atoms with E-state index in [4.69, 9.17) is 6.42 Å². The first-order chi connectivity index (χ1) is 9.86. The van der Waals surface area contributed by atoms with Crippen molar-refractivity contribution in [1.82, 2.24) is 5.32 Å². The molecule has 1 aromatic rings. The maximum Gasteiger partial charge on any atom is 0.471 e. The number of hydrogen-bond donors (Lipinski definition) is 2. The van der Waals surface area contributed by atoms with Gasteiger partial charge >= 0.3 is 12.1 Å². The minimum absolute atomic E-state index is 0.113. The molecular formula is C15H17F3N2O. The van der Waals surface area contributed by atoms with Crippen molar-refractivity contribution in [2.75, 3.05) is 5.32 Å². The van der Waals surface area contributed by atoms with Crippen LogP contribution in [0.3, 0.4) is 0 Å². The zero-order valence-corrected chi connectivity index (χ0v) is 11.6. The molecule has 0 spiro atoms. The number of carbonyl (C=O) groups excluding carboxylic acids is 1. The van der Waals surface area contributed by atoms with Crippen molar-refractivity contribution in [1.29, 1.82) is 0 Å². The SMILES string of the molecule is C#CCC(CC)NCc1cccc(NC(=O)C(F)(F)F)c1. The van der Waals surface area contributed by atoms with Gasteiger partial charge in [0.25, 0.3) is 0 Å². The van der Waals surface area contributed by atoms with Gasteiger partial charge in [0.05, 0.1) is 0 Å². The van der Waals surface area contributed by atoms with Gasteiger partial charge < -0.3 is 10.6 Å². The molecule has 6 heteroatoms. The summed E-state index contributed by atoms with van der Waals surface area (Å²) in [7, 11) is 0. The Bertz CT molecular complexity index is 520. The summed E-state index contributed by atoms with van der Waals surface area (Å²) >= 11 is 0. The highest BCUT2D eigenvalue weighted by atomic mass is 19.4. The second kappa shape index (κ2) is 7.70. The molecule has 0 saturated heterocycles. The number of nitrogens with one attached hydrogen (secondary N) is 2. The van der Waals surface area contributed by atoms with Crippen LogP contribution in [0.1, 0.15) is 25.3 Å². The number of terminal acetylenes is 1. The number of rotatable bonds is 6. The molecule has 21 heavy (non-hydrogen) atoms. The number of alkyl halides is 3. The molecule has 1 amide bonds. The Morgan fingerprint density at radius 1 is 1.43 bits per heavy atom. The van der Waals surface area contributed by atoms with Crippen LogP contribution in [0.5, 0.6) is 0 Å². The lowest BCUT2D eigenvalue weighted by atomic mass is 10.1. The monoisotopic (exact) mass is 298 g/mol. The summed E-state index contributed by atoms with van der Waals surface area (Å²) in [5.41, 5.74) is 0.882. The molecular weight excluding hydrogens is 281 g/mol. The fraction of sp³-hybridized carbons (Fsp3) is 0.400. The first-order valence-electron chi connectivity index (χ1n) is 6.50. The number of hydrogen-bond acceptors (Lipinski definition) is 2. The average molecular weight is 298 g/mol. The van der Waals surface area contributed by atoms with E-state index >= 15 is 0 Å². The minimum atomic E-state index is -4.89. The van der Waals surface area contributed by atoms with E-state index in [1.165, 1.54) is 12.1 Å². The highest BCUT2D eigenvalue weighted by molar-refractivity contribution is 5.94. The van der Waals surface area contributed by atoms with Crippen LogP contribution in [-0.4, -0.2) is 18.1 Å². The summed E-state index contributed by atoms with van der Waals surface area (Å²) < 4.78 is 36.5. The number of anilines is 1. The molecule has 1 aromatic carbocycles. The van der Waals surface area contributed by atoms with Gasteiger partial charge in [-0.2, -0.15) is 13.2 Å². The lowest BCUT2D eigenvalue weighted by molar-refractivity contribution is -0.167. The molecule has 0 saturated carbocycles. The highest BCUT2D eigenvalue weighted by Gasteiger charge is 2.38. The van der Waals surface area contributed by atoms with Gasteiger partial charge in [0, 0.05) is 24.7 Å². The smallest absolute Gasteiger partial charge is 0.318 e. The van der Waals surface area contributed by atoms with Crippen LogP contribution < -0.4 is 10.6 Å². The lowest BCUT2D eigenvalue weighted by Gasteiger charge is -2.15. The summed E-state index contributed by atoms with van der Waals surface area (Å²) in [6, 6.07) is 6.41. The molecule has 0 aliphatic carbocycles. The molecule has 1 rings (SSSR count). The van der Waals surface area contributed by atoms with Crippen molar-refractivity contribution >= 4 is 11.6 Å². The molecule has 0 bridgehead atoms. The van der Waals surface area contributed by atoms with E-state index in [1.807, 2.05) is 12.2 Å². The predicted octanol–water partition coefficient (Wildman–Crippen LogP) is 3.08. The molecule has 0 aromatic heterocycles. The largest absolute Gasteiger partial charge is 0.471 e.